The van der Waals surface area contributed by atoms with Crippen molar-refractivity contribution in [2.75, 3.05) is 20.1 Å². The van der Waals surface area contributed by atoms with Crippen LogP contribution in [0.2, 0.25) is 0 Å². The third-order valence-electron chi connectivity index (χ3n) is 4.38. The highest BCUT2D eigenvalue weighted by atomic mass is 32.2. The van der Waals surface area contributed by atoms with Gasteiger partial charge in [-0.15, -0.1) is 23.5 Å². The zero-order chi connectivity index (χ0) is 11.9. The Bertz CT molecular complexity index is 251. The van der Waals surface area contributed by atoms with Crippen molar-refractivity contribution in [1.82, 2.24) is 4.90 Å². The minimum absolute atomic E-state index is 0.604. The predicted octanol–water partition coefficient (Wildman–Crippen LogP) is 3.84. The van der Waals surface area contributed by atoms with E-state index in [4.69, 9.17) is 0 Å². The second kappa shape index (κ2) is 4.97. The molecule has 3 rings (SSSR count). The van der Waals surface area contributed by atoms with Crippen LogP contribution in [0.1, 0.15) is 45.4 Å². The largest absolute Gasteiger partial charge is 0.306 e. The first-order chi connectivity index (χ1) is 8.16. The van der Waals surface area contributed by atoms with Gasteiger partial charge in [0, 0.05) is 10.5 Å². The molecule has 1 nitrogen and oxygen atoms in total. The maximum absolute atomic E-state index is 2.56. The summed E-state index contributed by atoms with van der Waals surface area (Å²) in [7, 11) is 2.27. The first-order valence-electron chi connectivity index (χ1n) is 7.15. The Labute approximate surface area is 114 Å². The summed E-state index contributed by atoms with van der Waals surface area (Å²) in [5.41, 5.74) is 0.604. The number of hydrogen-bond donors (Lipinski definition) is 0. The topological polar surface area (TPSA) is 3.24 Å². The zero-order valence-electron chi connectivity index (χ0n) is 11.2. The second-order valence-electron chi connectivity index (χ2n) is 6.46. The molecule has 2 saturated carbocycles. The SMILES string of the molecule is CN1CCC(C)(C(SC2CC2)SC2CC2)CC1. The van der Waals surface area contributed by atoms with E-state index < -0.39 is 0 Å². The average Bonchev–Trinajstić information content (AvgIpc) is 3.16. The lowest BCUT2D eigenvalue weighted by atomic mass is 9.82. The quantitative estimate of drug-likeness (QED) is 0.700. The van der Waals surface area contributed by atoms with Gasteiger partial charge in [0.15, 0.2) is 0 Å². The Morgan fingerprint density at radius 3 is 1.88 bits per heavy atom. The van der Waals surface area contributed by atoms with Crippen LogP contribution in [0.25, 0.3) is 0 Å². The number of piperidine rings is 1. The highest BCUT2D eigenvalue weighted by Crippen LogP contribution is 2.55. The average molecular weight is 271 g/mol. The van der Waals surface area contributed by atoms with Crippen molar-refractivity contribution in [3.8, 4) is 0 Å². The van der Waals surface area contributed by atoms with Crippen molar-refractivity contribution in [2.24, 2.45) is 5.41 Å². The molecule has 17 heavy (non-hydrogen) atoms. The fourth-order valence-electron chi connectivity index (χ4n) is 2.48. The van der Waals surface area contributed by atoms with Crippen LogP contribution in [0, 0.1) is 5.41 Å². The molecule has 0 aromatic heterocycles. The Kier molecular flexibility index (Phi) is 3.71. The van der Waals surface area contributed by atoms with Crippen molar-refractivity contribution in [1.29, 1.82) is 0 Å². The molecule has 0 N–H and O–H groups in total. The van der Waals surface area contributed by atoms with Gasteiger partial charge in [-0.1, -0.05) is 6.92 Å². The summed E-state index contributed by atoms with van der Waals surface area (Å²) in [6.45, 7) is 5.18. The molecular weight excluding hydrogens is 246 g/mol. The fraction of sp³-hybridized carbons (Fsp3) is 1.00. The third kappa shape index (κ3) is 3.36. The minimum Gasteiger partial charge on any atom is -0.306 e. The van der Waals surface area contributed by atoms with Crippen LogP contribution >= 0.6 is 23.5 Å². The van der Waals surface area contributed by atoms with E-state index in [0.717, 1.165) is 15.1 Å². The first kappa shape index (κ1) is 12.7. The van der Waals surface area contributed by atoms with Gasteiger partial charge in [0.2, 0.25) is 0 Å². The summed E-state index contributed by atoms with van der Waals surface area (Å²) in [4.78, 5) is 2.50. The number of rotatable bonds is 5. The van der Waals surface area contributed by atoms with E-state index >= 15 is 0 Å². The molecule has 0 amide bonds. The number of hydrogen-bond acceptors (Lipinski definition) is 3. The monoisotopic (exact) mass is 271 g/mol. The van der Waals surface area contributed by atoms with E-state index in [-0.39, 0.29) is 0 Å². The van der Waals surface area contributed by atoms with Gasteiger partial charge in [-0.2, -0.15) is 0 Å². The lowest BCUT2D eigenvalue weighted by molar-refractivity contribution is 0.154. The lowest BCUT2D eigenvalue weighted by Gasteiger charge is -2.43. The molecule has 1 heterocycles. The summed E-state index contributed by atoms with van der Waals surface area (Å²) in [5, 5.41) is 2.03. The van der Waals surface area contributed by atoms with E-state index in [1.807, 2.05) is 0 Å². The van der Waals surface area contributed by atoms with Crippen LogP contribution in [-0.4, -0.2) is 40.1 Å². The van der Waals surface area contributed by atoms with Crippen molar-refractivity contribution in [3.63, 3.8) is 0 Å². The molecule has 1 saturated heterocycles. The van der Waals surface area contributed by atoms with Crippen LogP contribution < -0.4 is 0 Å². The zero-order valence-corrected chi connectivity index (χ0v) is 12.8. The highest BCUT2D eigenvalue weighted by molar-refractivity contribution is 8.17. The summed E-state index contributed by atoms with van der Waals surface area (Å²) in [6, 6.07) is 0. The Balaban J connectivity index is 1.62. The van der Waals surface area contributed by atoms with Gasteiger partial charge in [0.05, 0.1) is 4.58 Å². The van der Waals surface area contributed by atoms with E-state index in [0.29, 0.717) is 5.41 Å². The summed E-state index contributed by atoms with van der Waals surface area (Å²) < 4.78 is 0.885. The molecule has 0 aromatic carbocycles. The summed E-state index contributed by atoms with van der Waals surface area (Å²) in [5.74, 6) is 0. The van der Waals surface area contributed by atoms with Gasteiger partial charge in [-0.3, -0.25) is 0 Å². The van der Waals surface area contributed by atoms with E-state index in [9.17, 15) is 0 Å². The Morgan fingerprint density at radius 1 is 1.00 bits per heavy atom. The van der Waals surface area contributed by atoms with E-state index in [1.54, 1.807) is 0 Å². The summed E-state index contributed by atoms with van der Waals surface area (Å²) in [6.07, 6.45) is 8.77. The standard InChI is InChI=1S/C14H25NS2/c1-14(7-9-15(2)10-8-14)13(16-11-3-4-11)17-12-5-6-12/h11-13H,3-10H2,1-2H3. The van der Waals surface area contributed by atoms with Gasteiger partial charge in [-0.25, -0.2) is 0 Å². The van der Waals surface area contributed by atoms with Crippen molar-refractivity contribution >= 4 is 23.5 Å². The molecule has 0 unspecified atom stereocenters. The smallest absolute Gasteiger partial charge is 0.0562 e. The first-order valence-corrected chi connectivity index (χ1v) is 9.04. The van der Waals surface area contributed by atoms with Crippen molar-refractivity contribution < 1.29 is 0 Å². The van der Waals surface area contributed by atoms with Crippen LogP contribution in [0.3, 0.4) is 0 Å². The van der Waals surface area contributed by atoms with E-state index in [1.165, 1.54) is 51.6 Å². The number of nitrogens with zero attached hydrogens (tertiary/aromatic N) is 1. The number of thioether (sulfide) groups is 2. The molecule has 0 atom stereocenters. The van der Waals surface area contributed by atoms with E-state index in [2.05, 4.69) is 42.4 Å². The van der Waals surface area contributed by atoms with Gasteiger partial charge in [-0.05, 0) is 64.1 Å². The van der Waals surface area contributed by atoms with Crippen LogP contribution in [-0.2, 0) is 0 Å². The van der Waals surface area contributed by atoms with Crippen molar-refractivity contribution in [3.05, 3.63) is 0 Å². The number of likely N-dealkylation sites (tertiary alicyclic amines) is 1. The lowest BCUT2D eigenvalue weighted by Crippen LogP contribution is -2.41. The van der Waals surface area contributed by atoms with Crippen LogP contribution in [0.15, 0.2) is 0 Å². The van der Waals surface area contributed by atoms with Crippen LogP contribution in [0.4, 0.5) is 0 Å². The van der Waals surface area contributed by atoms with Crippen LogP contribution in [0.5, 0.6) is 0 Å². The molecule has 98 valence electrons. The second-order valence-corrected chi connectivity index (χ2v) is 9.58. The molecule has 2 aliphatic carbocycles. The third-order valence-corrected chi connectivity index (χ3v) is 8.39. The van der Waals surface area contributed by atoms with Gasteiger partial charge < -0.3 is 4.90 Å². The molecular formula is C14H25NS2. The molecule has 0 aromatic rings. The normalized spacial score (nSPS) is 29.8. The van der Waals surface area contributed by atoms with Crippen molar-refractivity contribution in [2.45, 2.75) is 60.5 Å². The maximum Gasteiger partial charge on any atom is 0.0562 e. The molecule has 0 radical (unpaired) electrons. The van der Waals surface area contributed by atoms with Gasteiger partial charge >= 0.3 is 0 Å². The molecule has 0 bridgehead atoms. The molecule has 3 heteroatoms. The summed E-state index contributed by atoms with van der Waals surface area (Å²) >= 11 is 4.66. The Morgan fingerprint density at radius 2 is 1.47 bits per heavy atom. The minimum atomic E-state index is 0.604. The molecule has 3 aliphatic rings. The highest BCUT2D eigenvalue weighted by Gasteiger charge is 2.43. The Hall–Kier alpha value is 0.660. The van der Waals surface area contributed by atoms with Gasteiger partial charge in [0.1, 0.15) is 0 Å². The van der Waals surface area contributed by atoms with Gasteiger partial charge in [0.25, 0.3) is 0 Å². The molecule has 3 fully saturated rings. The molecule has 1 aliphatic heterocycles. The molecule has 0 spiro atoms. The predicted molar refractivity (Wildman–Crippen MR) is 79.9 cm³/mol. The maximum atomic E-state index is 2.56. The fourth-order valence-corrected chi connectivity index (χ4v) is 6.33.